The van der Waals surface area contributed by atoms with Crippen LogP contribution in [0.5, 0.6) is 0 Å². The highest BCUT2D eigenvalue weighted by atomic mass is 16.5. The largest absolute Gasteiger partial charge is 0.454 e. The minimum atomic E-state index is -0.644. The molecule has 3 rings (SSSR count). The number of benzene rings is 2. The van der Waals surface area contributed by atoms with Crippen LogP contribution in [0.2, 0.25) is 0 Å². The number of rotatable bonds is 7. The van der Waals surface area contributed by atoms with Crippen LogP contribution in [0.15, 0.2) is 54.6 Å². The number of carbonyl (C=O) groups excluding carboxylic acids is 3. The third-order valence-electron chi connectivity index (χ3n) is 6.06. The SMILES string of the molecule is C[C@@H]1[C@@H](C)CCC[C@H]1NC(=O)COC(=O)CNC(=O)c1ccc(-c2ccccc2)cc1. The summed E-state index contributed by atoms with van der Waals surface area (Å²) in [4.78, 5) is 36.3. The van der Waals surface area contributed by atoms with E-state index in [0.717, 1.165) is 24.0 Å². The Morgan fingerprint density at radius 2 is 1.61 bits per heavy atom. The summed E-state index contributed by atoms with van der Waals surface area (Å²) < 4.78 is 5.00. The Balaban J connectivity index is 1.40. The molecule has 0 unspecified atom stereocenters. The first-order chi connectivity index (χ1) is 14.9. The van der Waals surface area contributed by atoms with Gasteiger partial charge in [0, 0.05) is 11.6 Å². The lowest BCUT2D eigenvalue weighted by molar-refractivity contribution is -0.147. The summed E-state index contributed by atoms with van der Waals surface area (Å²) in [5.74, 6) is -0.345. The van der Waals surface area contributed by atoms with E-state index in [1.54, 1.807) is 12.1 Å². The molecule has 0 radical (unpaired) electrons. The fraction of sp³-hybridized carbons (Fsp3) is 0.400. The van der Waals surface area contributed by atoms with Gasteiger partial charge in [0.1, 0.15) is 6.54 Å². The Hall–Kier alpha value is -3.15. The normalized spacial score (nSPS) is 20.5. The second-order valence-electron chi connectivity index (χ2n) is 8.23. The molecule has 0 heterocycles. The lowest BCUT2D eigenvalue weighted by Gasteiger charge is -2.34. The maximum Gasteiger partial charge on any atom is 0.325 e. The Morgan fingerprint density at radius 1 is 0.935 bits per heavy atom. The van der Waals surface area contributed by atoms with Crippen molar-refractivity contribution in [3.63, 3.8) is 0 Å². The van der Waals surface area contributed by atoms with E-state index in [4.69, 9.17) is 4.74 Å². The molecule has 1 saturated carbocycles. The molecule has 0 spiro atoms. The average Bonchev–Trinajstić information content (AvgIpc) is 2.80. The Labute approximate surface area is 183 Å². The fourth-order valence-electron chi connectivity index (χ4n) is 3.93. The number of esters is 1. The molecule has 164 valence electrons. The molecule has 1 aliphatic carbocycles. The molecule has 1 aliphatic rings. The summed E-state index contributed by atoms with van der Waals surface area (Å²) in [6.45, 7) is 3.71. The second-order valence-corrected chi connectivity index (χ2v) is 8.23. The number of nitrogens with one attached hydrogen (secondary N) is 2. The van der Waals surface area contributed by atoms with Crippen molar-refractivity contribution in [2.24, 2.45) is 11.8 Å². The van der Waals surface area contributed by atoms with Crippen LogP contribution in [0.3, 0.4) is 0 Å². The van der Waals surface area contributed by atoms with Crippen molar-refractivity contribution in [1.29, 1.82) is 0 Å². The molecule has 2 N–H and O–H groups in total. The van der Waals surface area contributed by atoms with Crippen molar-refractivity contribution >= 4 is 17.8 Å². The lowest BCUT2D eigenvalue weighted by Crippen LogP contribution is -2.45. The average molecular weight is 423 g/mol. The summed E-state index contributed by atoms with van der Waals surface area (Å²) in [7, 11) is 0. The molecule has 2 aromatic rings. The Bertz CT molecular complexity index is 895. The maximum absolute atomic E-state index is 12.3. The van der Waals surface area contributed by atoms with E-state index in [1.807, 2.05) is 42.5 Å². The molecule has 3 atom stereocenters. The van der Waals surface area contributed by atoms with Gasteiger partial charge in [-0.25, -0.2) is 0 Å². The van der Waals surface area contributed by atoms with Gasteiger partial charge in [-0.3, -0.25) is 14.4 Å². The van der Waals surface area contributed by atoms with Crippen molar-refractivity contribution in [2.75, 3.05) is 13.2 Å². The number of amides is 2. The van der Waals surface area contributed by atoms with Crippen molar-refractivity contribution in [1.82, 2.24) is 10.6 Å². The first kappa shape index (κ1) is 22.5. The van der Waals surface area contributed by atoms with Crippen LogP contribution in [0, 0.1) is 11.8 Å². The highest BCUT2D eigenvalue weighted by molar-refractivity contribution is 5.96. The van der Waals surface area contributed by atoms with E-state index in [2.05, 4.69) is 24.5 Å². The van der Waals surface area contributed by atoms with Crippen molar-refractivity contribution < 1.29 is 19.1 Å². The maximum atomic E-state index is 12.3. The van der Waals surface area contributed by atoms with Gasteiger partial charge in [0.2, 0.25) is 0 Å². The monoisotopic (exact) mass is 422 g/mol. The third-order valence-corrected chi connectivity index (χ3v) is 6.06. The number of carbonyl (C=O) groups is 3. The summed E-state index contributed by atoms with van der Waals surface area (Å²) >= 11 is 0. The molecule has 1 fully saturated rings. The molecule has 0 aromatic heterocycles. The standard InChI is InChI=1S/C25H30N2O4/c1-17-7-6-10-22(18(17)2)27-23(28)16-31-24(29)15-26-25(30)21-13-11-20(12-14-21)19-8-4-3-5-9-19/h3-5,8-9,11-14,17-18,22H,6-7,10,15-16H2,1-2H3,(H,26,30)(H,27,28)/t17-,18+,22+/m0/s1. The molecular formula is C25H30N2O4. The van der Waals surface area contributed by atoms with Crippen molar-refractivity contribution in [3.05, 3.63) is 60.2 Å². The fourth-order valence-corrected chi connectivity index (χ4v) is 3.93. The minimum absolute atomic E-state index is 0.119. The van der Waals surface area contributed by atoms with E-state index < -0.39 is 5.97 Å². The van der Waals surface area contributed by atoms with Crippen molar-refractivity contribution in [2.45, 2.75) is 39.2 Å². The topological polar surface area (TPSA) is 84.5 Å². The zero-order valence-electron chi connectivity index (χ0n) is 18.1. The zero-order chi connectivity index (χ0) is 22.2. The van der Waals surface area contributed by atoms with Crippen LogP contribution in [-0.4, -0.2) is 37.0 Å². The van der Waals surface area contributed by atoms with Crippen LogP contribution < -0.4 is 10.6 Å². The van der Waals surface area contributed by atoms with E-state index in [-0.39, 0.29) is 31.0 Å². The predicted molar refractivity (Wildman–Crippen MR) is 119 cm³/mol. The summed E-state index contributed by atoms with van der Waals surface area (Å²) in [5.41, 5.74) is 2.52. The van der Waals surface area contributed by atoms with Gasteiger partial charge in [0.25, 0.3) is 11.8 Å². The van der Waals surface area contributed by atoms with Gasteiger partial charge in [-0.2, -0.15) is 0 Å². The van der Waals surface area contributed by atoms with E-state index in [1.165, 1.54) is 6.42 Å². The number of ether oxygens (including phenoxy) is 1. The highest BCUT2D eigenvalue weighted by Crippen LogP contribution is 2.29. The number of hydrogen-bond acceptors (Lipinski definition) is 4. The quantitative estimate of drug-likeness (QED) is 0.668. The Morgan fingerprint density at radius 3 is 2.32 bits per heavy atom. The smallest absolute Gasteiger partial charge is 0.325 e. The summed E-state index contributed by atoms with van der Waals surface area (Å²) in [6, 6.07) is 17.1. The van der Waals surface area contributed by atoms with Gasteiger partial charge in [-0.15, -0.1) is 0 Å². The number of hydrogen-bond donors (Lipinski definition) is 2. The first-order valence-corrected chi connectivity index (χ1v) is 10.8. The molecule has 0 aliphatic heterocycles. The van der Waals surface area contributed by atoms with Gasteiger partial charge >= 0.3 is 5.97 Å². The molecule has 6 heteroatoms. The van der Waals surface area contributed by atoms with Crippen LogP contribution in [0.4, 0.5) is 0 Å². The van der Waals surface area contributed by atoms with Gasteiger partial charge < -0.3 is 15.4 Å². The molecule has 6 nitrogen and oxygen atoms in total. The van der Waals surface area contributed by atoms with E-state index in [0.29, 0.717) is 17.4 Å². The molecule has 2 amide bonds. The minimum Gasteiger partial charge on any atom is -0.454 e. The van der Waals surface area contributed by atoms with E-state index in [9.17, 15) is 14.4 Å². The Kier molecular flexibility index (Phi) is 7.82. The summed E-state index contributed by atoms with van der Waals surface area (Å²) in [6.07, 6.45) is 3.22. The lowest BCUT2D eigenvalue weighted by atomic mass is 9.78. The van der Waals surface area contributed by atoms with Gasteiger partial charge in [0.05, 0.1) is 0 Å². The van der Waals surface area contributed by atoms with Crippen molar-refractivity contribution in [3.8, 4) is 11.1 Å². The molecular weight excluding hydrogens is 392 g/mol. The second kappa shape index (κ2) is 10.8. The third kappa shape index (κ3) is 6.41. The highest BCUT2D eigenvalue weighted by Gasteiger charge is 2.28. The van der Waals surface area contributed by atoms with E-state index >= 15 is 0 Å². The van der Waals surface area contributed by atoms with Crippen LogP contribution in [-0.2, 0) is 14.3 Å². The van der Waals surface area contributed by atoms with Gasteiger partial charge in [-0.05, 0) is 41.5 Å². The first-order valence-electron chi connectivity index (χ1n) is 10.8. The molecule has 0 bridgehead atoms. The predicted octanol–water partition coefficient (Wildman–Crippen LogP) is 3.57. The molecule has 2 aromatic carbocycles. The van der Waals surface area contributed by atoms with Gasteiger partial charge in [0.15, 0.2) is 6.61 Å². The molecule has 31 heavy (non-hydrogen) atoms. The van der Waals surface area contributed by atoms with Crippen LogP contribution >= 0.6 is 0 Å². The van der Waals surface area contributed by atoms with Crippen LogP contribution in [0.25, 0.3) is 11.1 Å². The van der Waals surface area contributed by atoms with Gasteiger partial charge in [-0.1, -0.05) is 69.2 Å². The zero-order valence-corrected chi connectivity index (χ0v) is 18.1. The molecule has 0 saturated heterocycles. The van der Waals surface area contributed by atoms with Crippen LogP contribution in [0.1, 0.15) is 43.5 Å². The summed E-state index contributed by atoms with van der Waals surface area (Å²) in [5, 5.41) is 5.49.